The van der Waals surface area contributed by atoms with Crippen LogP contribution in [0.2, 0.25) is 0 Å². The van der Waals surface area contributed by atoms with E-state index in [-0.39, 0.29) is 11.5 Å². The summed E-state index contributed by atoms with van der Waals surface area (Å²) in [6, 6.07) is 1.06. The van der Waals surface area contributed by atoms with Gasteiger partial charge in [0.1, 0.15) is 17.7 Å². The number of aliphatic carboxylic acids is 1. The maximum absolute atomic E-state index is 12.3. The van der Waals surface area contributed by atoms with Crippen molar-refractivity contribution in [1.82, 2.24) is 15.1 Å². The molecule has 0 aromatic rings. The third kappa shape index (κ3) is 5.58. The fraction of sp³-hybridized carbons (Fsp3) is 0.643. The molecule has 1 amide bonds. The minimum atomic E-state index is -0.991. The molecule has 8 heteroatoms. The van der Waals surface area contributed by atoms with Gasteiger partial charge in [-0.1, -0.05) is 0 Å². The van der Waals surface area contributed by atoms with E-state index in [1.165, 1.54) is 6.20 Å². The standard InChI is InChI=1S/C14H22N4O3S/c1-17-4-6-18(7-5-17)13(19)11(9-15)10-16-12(14(20)21)3-8-22-2/h10,12,16H,3-8H2,1-2H3,(H,20,21)/b11-10-. The molecule has 1 fully saturated rings. The van der Waals surface area contributed by atoms with E-state index in [1.54, 1.807) is 16.7 Å². The Morgan fingerprint density at radius 3 is 2.55 bits per heavy atom. The van der Waals surface area contributed by atoms with E-state index < -0.39 is 12.0 Å². The number of thioether (sulfide) groups is 1. The Balaban J connectivity index is 2.66. The second kappa shape index (κ2) is 9.33. The van der Waals surface area contributed by atoms with Crippen molar-refractivity contribution in [2.24, 2.45) is 0 Å². The maximum Gasteiger partial charge on any atom is 0.326 e. The molecule has 0 bridgehead atoms. The van der Waals surface area contributed by atoms with Crippen LogP contribution < -0.4 is 5.32 Å². The van der Waals surface area contributed by atoms with E-state index in [0.717, 1.165) is 13.1 Å². The highest BCUT2D eigenvalue weighted by atomic mass is 32.2. The number of nitrogens with zero attached hydrogens (tertiary/aromatic N) is 3. The van der Waals surface area contributed by atoms with E-state index in [2.05, 4.69) is 10.2 Å². The first-order chi connectivity index (χ1) is 10.5. The molecular weight excluding hydrogens is 304 g/mol. The lowest BCUT2D eigenvalue weighted by Crippen LogP contribution is -2.47. The van der Waals surface area contributed by atoms with Gasteiger partial charge in [0.25, 0.3) is 5.91 Å². The molecule has 0 aromatic heterocycles. The fourth-order valence-electron chi connectivity index (χ4n) is 2.02. The van der Waals surface area contributed by atoms with E-state index in [9.17, 15) is 9.59 Å². The summed E-state index contributed by atoms with van der Waals surface area (Å²) in [6.07, 6.45) is 3.56. The summed E-state index contributed by atoms with van der Waals surface area (Å²) in [6.45, 7) is 2.68. The van der Waals surface area contributed by atoms with Gasteiger partial charge in [-0.25, -0.2) is 4.79 Å². The number of carboxylic acids is 1. The number of nitriles is 1. The highest BCUT2D eigenvalue weighted by molar-refractivity contribution is 7.98. The van der Waals surface area contributed by atoms with Gasteiger partial charge in [-0.05, 0) is 25.5 Å². The number of hydrogen-bond acceptors (Lipinski definition) is 6. The number of rotatable bonds is 7. The minimum absolute atomic E-state index is 0.0556. The Bertz CT molecular complexity index is 467. The number of amides is 1. The first-order valence-corrected chi connectivity index (χ1v) is 8.44. The summed E-state index contributed by atoms with van der Waals surface area (Å²) in [5.74, 6) is -0.654. The van der Waals surface area contributed by atoms with Crippen molar-refractivity contribution in [2.45, 2.75) is 12.5 Å². The molecule has 1 rings (SSSR count). The Kier molecular flexibility index (Phi) is 7.77. The van der Waals surface area contributed by atoms with E-state index in [1.807, 2.05) is 19.4 Å². The van der Waals surface area contributed by atoms with Gasteiger partial charge in [0.2, 0.25) is 0 Å². The topological polar surface area (TPSA) is 96.7 Å². The first kappa shape index (κ1) is 18.3. The monoisotopic (exact) mass is 326 g/mol. The van der Waals surface area contributed by atoms with Crippen LogP contribution in [-0.4, -0.2) is 78.1 Å². The number of likely N-dealkylation sites (N-methyl/N-ethyl adjacent to an activating group) is 1. The Morgan fingerprint density at radius 1 is 1.41 bits per heavy atom. The summed E-state index contributed by atoms with van der Waals surface area (Å²) < 4.78 is 0. The molecule has 0 aliphatic carbocycles. The van der Waals surface area contributed by atoms with Crippen LogP contribution in [0.4, 0.5) is 0 Å². The van der Waals surface area contributed by atoms with Gasteiger partial charge in [0.05, 0.1) is 0 Å². The number of carbonyl (C=O) groups excluding carboxylic acids is 1. The predicted molar refractivity (Wildman–Crippen MR) is 85.3 cm³/mol. The van der Waals surface area contributed by atoms with Crippen molar-refractivity contribution in [2.75, 3.05) is 45.2 Å². The van der Waals surface area contributed by atoms with Gasteiger partial charge in [0, 0.05) is 32.4 Å². The van der Waals surface area contributed by atoms with Crippen LogP contribution in [0, 0.1) is 11.3 Å². The lowest BCUT2D eigenvalue weighted by molar-refractivity contribution is -0.139. The third-order valence-corrected chi connectivity index (χ3v) is 4.12. The quantitative estimate of drug-likeness (QED) is 0.501. The van der Waals surface area contributed by atoms with Crippen LogP contribution in [0.25, 0.3) is 0 Å². The second-order valence-electron chi connectivity index (χ2n) is 5.10. The minimum Gasteiger partial charge on any atom is -0.480 e. The summed E-state index contributed by atoms with van der Waals surface area (Å²) in [5.41, 5.74) is -0.0556. The van der Waals surface area contributed by atoms with Crippen molar-refractivity contribution in [3.05, 3.63) is 11.8 Å². The molecule has 1 atom stereocenters. The fourth-order valence-corrected chi connectivity index (χ4v) is 2.49. The third-order valence-electron chi connectivity index (χ3n) is 3.48. The molecular formula is C14H22N4O3S. The smallest absolute Gasteiger partial charge is 0.326 e. The normalized spacial score (nSPS) is 17.7. The molecule has 22 heavy (non-hydrogen) atoms. The van der Waals surface area contributed by atoms with Crippen LogP contribution in [0.5, 0.6) is 0 Å². The molecule has 1 aliphatic heterocycles. The van der Waals surface area contributed by atoms with Gasteiger partial charge < -0.3 is 20.2 Å². The van der Waals surface area contributed by atoms with Crippen molar-refractivity contribution >= 4 is 23.6 Å². The van der Waals surface area contributed by atoms with Crippen LogP contribution in [-0.2, 0) is 9.59 Å². The van der Waals surface area contributed by atoms with Gasteiger partial charge in [-0.3, -0.25) is 4.79 Å². The van der Waals surface area contributed by atoms with Gasteiger partial charge >= 0.3 is 5.97 Å². The van der Waals surface area contributed by atoms with Gasteiger partial charge in [-0.2, -0.15) is 17.0 Å². The zero-order chi connectivity index (χ0) is 16.5. The van der Waals surface area contributed by atoms with Gasteiger partial charge in [-0.15, -0.1) is 0 Å². The molecule has 1 unspecified atom stereocenters. The molecule has 122 valence electrons. The Hall–Kier alpha value is -1.72. The van der Waals surface area contributed by atoms with Crippen LogP contribution in [0.15, 0.2) is 11.8 Å². The number of carboxylic acid groups (broad SMARTS) is 1. The highest BCUT2D eigenvalue weighted by Gasteiger charge is 2.23. The average Bonchev–Trinajstić information content (AvgIpc) is 2.50. The van der Waals surface area contributed by atoms with Crippen LogP contribution in [0.3, 0.4) is 0 Å². The Labute approximate surface area is 134 Å². The summed E-state index contributed by atoms with van der Waals surface area (Å²) >= 11 is 1.55. The lowest BCUT2D eigenvalue weighted by atomic mass is 10.2. The zero-order valence-corrected chi connectivity index (χ0v) is 13.7. The number of hydrogen-bond donors (Lipinski definition) is 2. The molecule has 0 spiro atoms. The molecule has 0 aromatic carbocycles. The van der Waals surface area contributed by atoms with Crippen molar-refractivity contribution < 1.29 is 14.7 Å². The number of piperazine rings is 1. The first-order valence-electron chi connectivity index (χ1n) is 7.05. The summed E-state index contributed by atoms with van der Waals surface area (Å²) in [5, 5.41) is 20.9. The molecule has 1 heterocycles. The number of carbonyl (C=O) groups is 2. The van der Waals surface area contributed by atoms with Crippen molar-refractivity contribution in [3.63, 3.8) is 0 Å². The van der Waals surface area contributed by atoms with E-state index in [0.29, 0.717) is 25.3 Å². The molecule has 2 N–H and O–H groups in total. The largest absolute Gasteiger partial charge is 0.480 e. The molecule has 1 aliphatic rings. The molecule has 0 radical (unpaired) electrons. The summed E-state index contributed by atoms with van der Waals surface area (Å²) in [7, 11) is 1.98. The molecule has 0 saturated carbocycles. The molecule has 1 saturated heterocycles. The summed E-state index contributed by atoms with van der Waals surface area (Å²) in [4.78, 5) is 27.1. The average molecular weight is 326 g/mol. The van der Waals surface area contributed by atoms with Gasteiger partial charge in [0.15, 0.2) is 0 Å². The number of nitrogens with one attached hydrogen (secondary N) is 1. The zero-order valence-electron chi connectivity index (χ0n) is 12.9. The lowest BCUT2D eigenvalue weighted by Gasteiger charge is -2.32. The molecule has 7 nitrogen and oxygen atoms in total. The Morgan fingerprint density at radius 2 is 2.05 bits per heavy atom. The highest BCUT2D eigenvalue weighted by Crippen LogP contribution is 2.06. The van der Waals surface area contributed by atoms with Crippen molar-refractivity contribution in [1.29, 1.82) is 5.26 Å². The van der Waals surface area contributed by atoms with Crippen LogP contribution >= 0.6 is 11.8 Å². The predicted octanol–water partition coefficient (Wildman–Crippen LogP) is -0.0362. The van der Waals surface area contributed by atoms with E-state index >= 15 is 0 Å². The van der Waals surface area contributed by atoms with Crippen LogP contribution in [0.1, 0.15) is 6.42 Å². The van der Waals surface area contributed by atoms with Crippen molar-refractivity contribution in [3.8, 4) is 6.07 Å². The maximum atomic E-state index is 12.3. The second-order valence-corrected chi connectivity index (χ2v) is 6.09. The SMILES string of the molecule is CSCCC(N/C=C(/C#N)C(=O)N1CCN(C)CC1)C(=O)O. The van der Waals surface area contributed by atoms with E-state index in [4.69, 9.17) is 10.4 Å².